The quantitative estimate of drug-likeness (QED) is 0.101. The molecule has 12 aromatic rings. The number of hydrogen-bond acceptors (Lipinski definition) is 9. The second-order valence-electron chi connectivity index (χ2n) is 20.2. The molecule has 1 atom stereocenters. The van der Waals surface area contributed by atoms with Crippen LogP contribution in [0.25, 0.3) is 43.1 Å². The van der Waals surface area contributed by atoms with Gasteiger partial charge in [-0.05, 0) is 62.1 Å². The number of nitrogens with one attached hydrogen (secondary N) is 3. The summed E-state index contributed by atoms with van der Waals surface area (Å²) in [5, 5.41) is 10.2. The second kappa shape index (κ2) is 29.4. The number of sulfone groups is 1. The smallest absolute Gasteiger partial charge is 0.268 e. The minimum absolute atomic E-state index is 0.00453. The molecule has 0 fully saturated rings. The van der Waals surface area contributed by atoms with Crippen molar-refractivity contribution in [3.8, 4) is 0 Å². The Kier molecular flexibility index (Phi) is 21.8. The topological polar surface area (TPSA) is 163 Å². The maximum Gasteiger partial charge on any atom is 0.268 e. The van der Waals surface area contributed by atoms with Crippen LogP contribution in [-0.2, 0) is 43.6 Å². The zero-order valence-electron chi connectivity index (χ0n) is 47.2. The number of pyridine rings is 4. The molecular weight excluding hydrogens is 1270 g/mol. The third kappa shape index (κ3) is 16.2. The molecule has 10 nitrogen and oxygen atoms in total. The van der Waals surface area contributed by atoms with Crippen LogP contribution in [0.4, 0.5) is 0 Å². The van der Waals surface area contributed by atoms with Gasteiger partial charge in [0.25, 0.3) is 16.7 Å². The average molecular weight is 1330 g/mol. The highest BCUT2D eigenvalue weighted by molar-refractivity contribution is 7.99. The molecule has 0 spiro atoms. The Morgan fingerprint density at radius 2 is 0.874 bits per heavy atom. The zero-order chi connectivity index (χ0) is 61.9. The van der Waals surface area contributed by atoms with E-state index in [0.29, 0.717) is 32.5 Å². The highest BCUT2D eigenvalue weighted by atomic mass is 35.5. The Labute approximate surface area is 539 Å². The third-order valence-corrected chi connectivity index (χ3v) is 20.6. The van der Waals surface area contributed by atoms with Crippen molar-refractivity contribution in [3.05, 3.63) is 295 Å². The average Bonchev–Trinajstić information content (AvgIpc) is 2.46. The molecule has 0 aliphatic rings. The van der Waals surface area contributed by atoms with Gasteiger partial charge in [-0.1, -0.05) is 257 Å². The molecule has 8 aromatic carbocycles. The van der Waals surface area contributed by atoms with Crippen LogP contribution >= 0.6 is 81.5 Å². The van der Waals surface area contributed by atoms with Crippen LogP contribution < -0.4 is 16.7 Å². The van der Waals surface area contributed by atoms with Crippen LogP contribution in [0.2, 0.25) is 25.1 Å². The van der Waals surface area contributed by atoms with Crippen molar-refractivity contribution in [2.75, 3.05) is 0 Å². The van der Waals surface area contributed by atoms with Gasteiger partial charge in [0.1, 0.15) is 30.1 Å². The zero-order valence-corrected chi connectivity index (χ0v) is 54.3. The van der Waals surface area contributed by atoms with Gasteiger partial charge in [0.2, 0.25) is 0 Å². The molecule has 0 aliphatic carbocycles. The summed E-state index contributed by atoms with van der Waals surface area (Å²) in [7, 11) is -5.06. The van der Waals surface area contributed by atoms with Crippen molar-refractivity contribution in [3.63, 3.8) is 0 Å². The number of aryl methyl sites for hydroxylation is 4. The number of halogens is 5. The lowest BCUT2D eigenvalue weighted by Gasteiger charge is -2.09. The molecule has 4 heterocycles. The Bertz CT molecular complexity index is 4850. The van der Waals surface area contributed by atoms with E-state index in [0.717, 1.165) is 80.9 Å². The summed E-state index contributed by atoms with van der Waals surface area (Å²) >= 11 is 33.7. The number of hydrogen-bond donors (Lipinski definition) is 3. The highest BCUT2D eigenvalue weighted by Gasteiger charge is 2.22. The maximum absolute atomic E-state index is 12.8. The first-order chi connectivity index (χ1) is 41.7. The molecule has 1 unspecified atom stereocenters. The summed E-state index contributed by atoms with van der Waals surface area (Å²) in [5.74, 6) is 1.83. The molecule has 12 rings (SSSR count). The first kappa shape index (κ1) is 64.5. The fraction of sp³-hybridized carbons (Fsp3) is 0.118. The third-order valence-electron chi connectivity index (χ3n) is 13.6. The Balaban J connectivity index is 0.000000138. The Morgan fingerprint density at radius 3 is 1.46 bits per heavy atom. The number of benzene rings is 8. The maximum atomic E-state index is 12.8. The first-order valence-corrected chi connectivity index (χ1v) is 33.8. The predicted molar refractivity (Wildman–Crippen MR) is 365 cm³/mol. The minimum atomic E-state index is -3.71. The number of aromatic amines is 3. The summed E-state index contributed by atoms with van der Waals surface area (Å²) in [6.45, 7) is 7.91. The van der Waals surface area contributed by atoms with Gasteiger partial charge >= 0.3 is 0 Å². The van der Waals surface area contributed by atoms with Crippen LogP contribution in [0.3, 0.4) is 0 Å². The van der Waals surface area contributed by atoms with Gasteiger partial charge in [0.15, 0.2) is 9.84 Å². The van der Waals surface area contributed by atoms with Crippen molar-refractivity contribution in [2.24, 2.45) is 0 Å². The first-order valence-electron chi connectivity index (χ1n) is 27.0. The molecule has 87 heavy (non-hydrogen) atoms. The summed E-state index contributed by atoms with van der Waals surface area (Å²) in [4.78, 5) is 48.4. The van der Waals surface area contributed by atoms with Crippen LogP contribution in [0.1, 0.15) is 44.6 Å². The van der Waals surface area contributed by atoms with Crippen LogP contribution in [-0.4, -0.2) is 32.6 Å². The van der Waals surface area contributed by atoms with Gasteiger partial charge in [-0.3, -0.25) is 18.6 Å². The van der Waals surface area contributed by atoms with Crippen molar-refractivity contribution in [1.82, 2.24) is 19.9 Å². The normalized spacial score (nSPS) is 11.6. The summed E-state index contributed by atoms with van der Waals surface area (Å²) in [6.07, 6.45) is 0. The van der Waals surface area contributed by atoms with Gasteiger partial charge < -0.3 is 15.0 Å². The lowest BCUT2D eigenvalue weighted by molar-refractivity contribution is 0.592. The molecule has 442 valence electrons. The lowest BCUT2D eigenvalue weighted by Crippen LogP contribution is -2.16. The summed E-state index contributed by atoms with van der Waals surface area (Å²) < 4.78 is 38.3. The molecule has 0 saturated carbocycles. The number of H-pyrrole nitrogens is 3. The van der Waals surface area contributed by atoms with E-state index in [-0.39, 0.29) is 31.4 Å². The minimum Gasteiger partial charge on any atom is -0.315 e. The van der Waals surface area contributed by atoms with Crippen LogP contribution in [0, 0.1) is 27.7 Å². The van der Waals surface area contributed by atoms with Gasteiger partial charge in [0.05, 0.1) is 38.0 Å². The van der Waals surface area contributed by atoms with Crippen LogP contribution in [0.15, 0.2) is 229 Å². The molecule has 0 radical (unpaired) electrons. The monoisotopic (exact) mass is 1330 g/mol. The predicted octanol–water partition coefficient (Wildman–Crippen LogP) is 18.2. The van der Waals surface area contributed by atoms with E-state index in [1.165, 1.54) is 16.7 Å². The van der Waals surface area contributed by atoms with Crippen molar-refractivity contribution < 1.29 is 12.6 Å². The van der Waals surface area contributed by atoms with Gasteiger partial charge in [0, 0.05) is 59.6 Å². The number of rotatable bonds is 12. The van der Waals surface area contributed by atoms with E-state index >= 15 is 0 Å². The van der Waals surface area contributed by atoms with E-state index in [4.69, 9.17) is 58.0 Å². The fourth-order valence-corrected chi connectivity index (χ4v) is 15.2. The van der Waals surface area contributed by atoms with Gasteiger partial charge in [-0.15, -0.1) is 23.5 Å². The molecule has 19 heteroatoms. The Morgan fingerprint density at radius 1 is 0.437 bits per heavy atom. The van der Waals surface area contributed by atoms with E-state index in [1.54, 1.807) is 66.0 Å². The van der Waals surface area contributed by atoms with Crippen molar-refractivity contribution in [2.45, 2.75) is 70.8 Å². The van der Waals surface area contributed by atoms with Gasteiger partial charge in [-0.25, -0.2) is 13.4 Å². The van der Waals surface area contributed by atoms with Gasteiger partial charge in [-0.2, -0.15) is 0 Å². The molecular formula is C68H55Cl5N4O6S4. The van der Waals surface area contributed by atoms with E-state index in [1.807, 2.05) is 148 Å². The molecule has 0 saturated heterocycles. The molecule has 0 bridgehead atoms. The van der Waals surface area contributed by atoms with Crippen molar-refractivity contribution in [1.29, 1.82) is 0 Å². The van der Waals surface area contributed by atoms with E-state index in [9.17, 15) is 27.0 Å². The Hall–Kier alpha value is -6.95. The number of thioether (sulfide) groups is 2. The number of nitrogens with zero attached hydrogens (tertiary/aromatic N) is 1. The molecule has 0 amide bonds. The van der Waals surface area contributed by atoms with Crippen molar-refractivity contribution >= 4 is 145 Å². The standard InChI is InChI=1S/C17H13Cl2NS.C17H14ClNO3S.C17H14ClNO2S.C17H14ClNOS/c1-11-16(19)14-4-2-3-5-15(14)17(20-11)21-10-12-6-8-13(18)9-7-12;1-11-5-4-6-12(9-11)10-23(21,22)17-14-8-3-2-7-13(14)15(18)16(20)19-17;1-11-5-4-6-12(9-11)10-22(21)17-14-8-3-2-7-13(14)15(18)16(20)19-17;1-11-5-4-6-12(9-11)10-21-17-14-8-3-2-7-13(14)15(18)16(20)19-17/h2-9H,10H2,1H3;2-9H,10H2,1H3,(H,19,20);2-9H,10H2,1H3,(H,19,20);2-9H,10H2,1H3,(H,19,20). The lowest BCUT2D eigenvalue weighted by atomic mass is 10.1. The van der Waals surface area contributed by atoms with E-state index < -0.39 is 31.8 Å². The largest absolute Gasteiger partial charge is 0.315 e. The molecule has 0 aliphatic heterocycles. The fourth-order valence-electron chi connectivity index (χ4n) is 9.44. The molecule has 3 N–H and O–H groups in total. The molecule has 4 aromatic heterocycles. The summed E-state index contributed by atoms with van der Waals surface area (Å²) in [5.41, 5.74) is 7.06. The summed E-state index contributed by atoms with van der Waals surface area (Å²) in [6, 6.07) is 61.2. The number of aromatic nitrogens is 4. The van der Waals surface area contributed by atoms with E-state index in [2.05, 4.69) is 51.1 Å². The second-order valence-corrected chi connectivity index (χ2v) is 27.4. The van der Waals surface area contributed by atoms with Crippen LogP contribution in [0.5, 0.6) is 0 Å². The highest BCUT2D eigenvalue weighted by Crippen LogP contribution is 2.35. The SMILES string of the molecule is Cc1cccc(CS(=O)(=O)c2[nH]c(=O)c(Cl)c3ccccc23)c1.Cc1cccc(CS(=O)c2[nH]c(=O)c(Cl)c3ccccc23)c1.Cc1cccc(CSc2[nH]c(=O)c(Cl)c3ccccc23)c1.Cc1nc(SCc2ccc(Cl)cc2)c2ccccc2c1Cl. The number of fused-ring (bicyclic) bond motifs is 4.